The largest absolute Gasteiger partial charge is 0.394 e. The Bertz CT molecular complexity index is 270. The number of aliphatic hydroxyl groups excluding tert-OH is 1. The molecular weight excluding hydrogens is 226 g/mol. The van der Waals surface area contributed by atoms with Gasteiger partial charge in [0.05, 0.1) is 19.3 Å². The van der Waals surface area contributed by atoms with Gasteiger partial charge in [0, 0.05) is 13.1 Å². The molecule has 0 aromatic heterocycles. The van der Waals surface area contributed by atoms with Gasteiger partial charge < -0.3 is 14.7 Å². The Hall–Kier alpha value is -0.770. The van der Waals surface area contributed by atoms with Gasteiger partial charge in [-0.1, -0.05) is 11.8 Å². The summed E-state index contributed by atoms with van der Waals surface area (Å²) in [5.74, 6) is 0. The number of ether oxygens (including phenoxy) is 1. The average Bonchev–Trinajstić information content (AvgIpc) is 2.34. The van der Waals surface area contributed by atoms with E-state index in [-0.39, 0.29) is 12.7 Å². The average molecular weight is 243 g/mol. The Balaban J connectivity index is 2.36. The molecule has 0 aromatic rings. The van der Waals surface area contributed by atoms with Crippen molar-refractivity contribution in [1.82, 2.24) is 4.90 Å². The molecule has 90 valence electrons. The highest BCUT2D eigenvalue weighted by atomic mass is 32.2. The quantitative estimate of drug-likeness (QED) is 0.448. The van der Waals surface area contributed by atoms with Crippen LogP contribution in [0.2, 0.25) is 0 Å². The second-order valence-corrected chi connectivity index (χ2v) is 4.25. The molecule has 1 heterocycles. The zero-order valence-electron chi connectivity index (χ0n) is 9.43. The highest BCUT2D eigenvalue weighted by Crippen LogP contribution is 2.17. The lowest BCUT2D eigenvalue weighted by molar-refractivity contribution is 0.00199. The Morgan fingerprint density at radius 2 is 2.31 bits per heavy atom. The summed E-state index contributed by atoms with van der Waals surface area (Å²) in [6.07, 6.45) is 5.82. The van der Waals surface area contributed by atoms with Crippen molar-refractivity contribution in [3.63, 3.8) is 0 Å². The minimum atomic E-state index is 0.0756. The molecule has 0 bridgehead atoms. The maximum Gasteiger partial charge on any atom is 0.208 e. The molecule has 16 heavy (non-hydrogen) atoms. The van der Waals surface area contributed by atoms with E-state index in [4.69, 9.17) is 15.1 Å². The Morgan fingerprint density at radius 1 is 1.62 bits per heavy atom. The van der Waals surface area contributed by atoms with Crippen LogP contribution in [0.15, 0.2) is 4.99 Å². The zero-order chi connectivity index (χ0) is 11.8. The van der Waals surface area contributed by atoms with Crippen molar-refractivity contribution >= 4 is 16.9 Å². The van der Waals surface area contributed by atoms with E-state index in [2.05, 4.69) is 9.89 Å². The summed E-state index contributed by atoms with van der Waals surface area (Å²) in [6, 6.07) is 0. The molecule has 1 rings (SSSR count). The standard InChI is InChI=1S/C10H17N3O2S/c1-16-10(12-8-11)13-4-2-9(3-5-13)15-7-6-14/h9,14H,2-7H2,1H3. The summed E-state index contributed by atoms with van der Waals surface area (Å²) in [5.41, 5.74) is 0. The number of aliphatic hydroxyl groups is 1. The van der Waals surface area contributed by atoms with E-state index in [1.807, 2.05) is 12.4 Å². The third-order valence-corrected chi connectivity index (χ3v) is 3.20. The number of nitriles is 1. The van der Waals surface area contributed by atoms with Gasteiger partial charge in [-0.15, -0.1) is 4.99 Å². The first-order valence-corrected chi connectivity index (χ1v) is 6.52. The van der Waals surface area contributed by atoms with E-state index in [1.54, 1.807) is 0 Å². The van der Waals surface area contributed by atoms with Crippen molar-refractivity contribution in [1.29, 1.82) is 5.26 Å². The van der Waals surface area contributed by atoms with Crippen LogP contribution in [0.3, 0.4) is 0 Å². The molecule has 0 aromatic carbocycles. The van der Waals surface area contributed by atoms with E-state index >= 15 is 0 Å². The fraction of sp³-hybridized carbons (Fsp3) is 0.800. The van der Waals surface area contributed by atoms with Crippen molar-refractivity contribution in [3.8, 4) is 6.19 Å². The van der Waals surface area contributed by atoms with Crippen LogP contribution in [0, 0.1) is 11.5 Å². The predicted octanol–water partition coefficient (Wildman–Crippen LogP) is 0.660. The van der Waals surface area contributed by atoms with E-state index < -0.39 is 0 Å². The molecule has 6 heteroatoms. The van der Waals surface area contributed by atoms with Crippen LogP contribution in [0.5, 0.6) is 0 Å². The van der Waals surface area contributed by atoms with Crippen LogP contribution >= 0.6 is 11.8 Å². The van der Waals surface area contributed by atoms with Crippen LogP contribution < -0.4 is 0 Å². The number of thioether (sulfide) groups is 1. The van der Waals surface area contributed by atoms with E-state index in [0.29, 0.717) is 6.61 Å². The third-order valence-electron chi connectivity index (χ3n) is 2.49. The number of piperidine rings is 1. The Labute approximate surface area is 100 Å². The molecule has 0 atom stereocenters. The van der Waals surface area contributed by atoms with Crippen LogP contribution in [0.4, 0.5) is 0 Å². The van der Waals surface area contributed by atoms with E-state index in [0.717, 1.165) is 31.1 Å². The second-order valence-electron chi connectivity index (χ2n) is 3.48. The monoisotopic (exact) mass is 243 g/mol. The number of hydrogen-bond donors (Lipinski definition) is 1. The molecule has 0 spiro atoms. The molecule has 1 aliphatic heterocycles. The molecular formula is C10H17N3O2S. The van der Waals surface area contributed by atoms with Gasteiger partial charge in [-0.3, -0.25) is 0 Å². The van der Waals surface area contributed by atoms with Crippen molar-refractivity contribution in [2.24, 2.45) is 4.99 Å². The van der Waals surface area contributed by atoms with Gasteiger partial charge >= 0.3 is 0 Å². The summed E-state index contributed by atoms with van der Waals surface area (Å²) < 4.78 is 5.47. The van der Waals surface area contributed by atoms with Crippen LogP contribution in [0.1, 0.15) is 12.8 Å². The van der Waals surface area contributed by atoms with Gasteiger partial charge in [-0.05, 0) is 19.1 Å². The molecule has 1 fully saturated rings. The Morgan fingerprint density at radius 3 is 2.81 bits per heavy atom. The predicted molar refractivity (Wildman–Crippen MR) is 64.2 cm³/mol. The lowest BCUT2D eigenvalue weighted by atomic mass is 10.1. The minimum Gasteiger partial charge on any atom is -0.394 e. The minimum absolute atomic E-state index is 0.0756. The van der Waals surface area contributed by atoms with Crippen molar-refractivity contribution in [3.05, 3.63) is 0 Å². The van der Waals surface area contributed by atoms with Crippen molar-refractivity contribution in [2.45, 2.75) is 18.9 Å². The fourth-order valence-electron chi connectivity index (χ4n) is 1.72. The van der Waals surface area contributed by atoms with Crippen molar-refractivity contribution < 1.29 is 9.84 Å². The van der Waals surface area contributed by atoms with Gasteiger partial charge in [0.25, 0.3) is 0 Å². The van der Waals surface area contributed by atoms with Gasteiger partial charge in [-0.25, -0.2) is 0 Å². The molecule has 0 saturated carbocycles. The van der Waals surface area contributed by atoms with Gasteiger partial charge in [-0.2, -0.15) is 5.26 Å². The summed E-state index contributed by atoms with van der Waals surface area (Å²) in [6.45, 7) is 2.20. The highest BCUT2D eigenvalue weighted by molar-refractivity contribution is 8.13. The molecule has 0 amide bonds. The normalized spacial score (nSPS) is 18.6. The fourth-order valence-corrected chi connectivity index (χ4v) is 2.29. The summed E-state index contributed by atoms with van der Waals surface area (Å²) in [4.78, 5) is 5.89. The van der Waals surface area contributed by atoms with Gasteiger partial charge in [0.15, 0.2) is 5.17 Å². The maximum absolute atomic E-state index is 8.65. The van der Waals surface area contributed by atoms with Gasteiger partial charge in [0.2, 0.25) is 6.19 Å². The number of amidine groups is 1. The van der Waals surface area contributed by atoms with Crippen molar-refractivity contribution in [2.75, 3.05) is 32.6 Å². The number of likely N-dealkylation sites (tertiary alicyclic amines) is 1. The molecule has 0 unspecified atom stereocenters. The number of rotatable bonds is 3. The first-order chi connectivity index (χ1) is 7.81. The first-order valence-electron chi connectivity index (χ1n) is 5.30. The molecule has 0 aliphatic carbocycles. The third kappa shape index (κ3) is 4.00. The van der Waals surface area contributed by atoms with E-state index in [1.165, 1.54) is 11.8 Å². The van der Waals surface area contributed by atoms with Crippen LogP contribution in [-0.4, -0.2) is 53.8 Å². The summed E-state index contributed by atoms with van der Waals surface area (Å²) in [7, 11) is 0. The SMILES string of the molecule is CSC(=NC#N)N1CCC(OCCO)CC1. The highest BCUT2D eigenvalue weighted by Gasteiger charge is 2.21. The molecule has 1 aliphatic rings. The van der Waals surface area contributed by atoms with Crippen LogP contribution in [0.25, 0.3) is 0 Å². The molecule has 1 N–H and O–H groups in total. The maximum atomic E-state index is 8.65. The lowest BCUT2D eigenvalue weighted by Crippen LogP contribution is -2.39. The van der Waals surface area contributed by atoms with Gasteiger partial charge in [0.1, 0.15) is 0 Å². The van der Waals surface area contributed by atoms with Crippen LogP contribution in [-0.2, 0) is 4.74 Å². The molecule has 0 radical (unpaired) electrons. The summed E-state index contributed by atoms with van der Waals surface area (Å²) >= 11 is 1.49. The Kier molecular flexibility index (Phi) is 6.23. The van der Waals surface area contributed by atoms with E-state index in [9.17, 15) is 0 Å². The zero-order valence-corrected chi connectivity index (χ0v) is 10.2. The number of hydrogen-bond acceptors (Lipinski definition) is 5. The first kappa shape index (κ1) is 13.3. The second kappa shape index (κ2) is 7.49. The smallest absolute Gasteiger partial charge is 0.208 e. The number of nitrogens with zero attached hydrogens (tertiary/aromatic N) is 3. The lowest BCUT2D eigenvalue weighted by Gasteiger charge is -2.32. The topological polar surface area (TPSA) is 68.9 Å². The number of aliphatic imine (C=N–C) groups is 1. The molecule has 1 saturated heterocycles. The summed E-state index contributed by atoms with van der Waals surface area (Å²) in [5, 5.41) is 18.0. The molecule has 5 nitrogen and oxygen atoms in total.